The van der Waals surface area contributed by atoms with Crippen LogP contribution in [0.1, 0.15) is 12.0 Å². The fourth-order valence-corrected chi connectivity index (χ4v) is 3.18. The normalized spacial score (nSPS) is 22.7. The molecule has 7 heteroatoms. The second kappa shape index (κ2) is 6.47. The van der Waals surface area contributed by atoms with E-state index in [0.717, 1.165) is 5.56 Å². The zero-order valence-corrected chi connectivity index (χ0v) is 13.9. The maximum absolute atomic E-state index is 12.8. The van der Waals surface area contributed by atoms with Crippen LogP contribution in [-0.4, -0.2) is 56.2 Å². The van der Waals surface area contributed by atoms with Crippen molar-refractivity contribution < 1.29 is 19.1 Å². The average Bonchev–Trinajstić information content (AvgIpc) is 2.85. The number of imide groups is 1. The van der Waals surface area contributed by atoms with Gasteiger partial charge in [-0.1, -0.05) is 11.6 Å². The molecule has 2 aliphatic heterocycles. The van der Waals surface area contributed by atoms with Crippen molar-refractivity contribution in [2.45, 2.75) is 19.4 Å². The first-order valence-electron chi connectivity index (χ1n) is 7.55. The average molecular weight is 339 g/mol. The molecule has 0 spiro atoms. The molecule has 1 atom stereocenters. The number of aryl methyl sites for hydroxylation is 1. The lowest BCUT2D eigenvalue weighted by Gasteiger charge is -2.30. The number of hydrogen-bond acceptors (Lipinski definition) is 5. The Balaban J connectivity index is 1.92. The summed E-state index contributed by atoms with van der Waals surface area (Å²) in [6, 6.07) is 2.93. The van der Waals surface area contributed by atoms with E-state index >= 15 is 0 Å². The first kappa shape index (κ1) is 16.2. The van der Waals surface area contributed by atoms with Crippen LogP contribution in [0, 0.1) is 6.92 Å². The summed E-state index contributed by atoms with van der Waals surface area (Å²) in [5, 5.41) is 0.537. The topological polar surface area (TPSA) is 59.1 Å². The van der Waals surface area contributed by atoms with Gasteiger partial charge in [0.15, 0.2) is 0 Å². The Morgan fingerprint density at radius 3 is 2.61 bits per heavy atom. The number of carbonyl (C=O) groups excluding carboxylic acids is 2. The molecule has 0 aliphatic carbocycles. The van der Waals surface area contributed by atoms with Gasteiger partial charge in [-0.25, -0.2) is 4.90 Å². The minimum Gasteiger partial charge on any atom is -0.495 e. The lowest BCUT2D eigenvalue weighted by Crippen LogP contribution is -2.47. The summed E-state index contributed by atoms with van der Waals surface area (Å²) in [5.74, 6) is -0.00614. The molecular formula is C16H19ClN2O4. The van der Waals surface area contributed by atoms with E-state index in [1.54, 1.807) is 12.1 Å². The molecule has 124 valence electrons. The zero-order chi connectivity index (χ0) is 16.6. The van der Waals surface area contributed by atoms with E-state index in [4.69, 9.17) is 21.1 Å². The van der Waals surface area contributed by atoms with Crippen LogP contribution in [0.15, 0.2) is 12.1 Å². The van der Waals surface area contributed by atoms with Gasteiger partial charge in [0.25, 0.3) is 5.91 Å². The van der Waals surface area contributed by atoms with E-state index in [-0.39, 0.29) is 18.2 Å². The van der Waals surface area contributed by atoms with Crippen LogP contribution in [0.5, 0.6) is 5.75 Å². The molecule has 2 fully saturated rings. The van der Waals surface area contributed by atoms with Crippen molar-refractivity contribution in [2.75, 3.05) is 38.3 Å². The van der Waals surface area contributed by atoms with E-state index in [0.29, 0.717) is 42.8 Å². The van der Waals surface area contributed by atoms with Gasteiger partial charge in [-0.3, -0.25) is 14.5 Å². The third-order valence-corrected chi connectivity index (χ3v) is 4.72. The molecular weight excluding hydrogens is 320 g/mol. The summed E-state index contributed by atoms with van der Waals surface area (Å²) in [4.78, 5) is 28.5. The summed E-state index contributed by atoms with van der Waals surface area (Å²) in [5.41, 5.74) is 1.25. The van der Waals surface area contributed by atoms with Gasteiger partial charge < -0.3 is 9.47 Å². The van der Waals surface area contributed by atoms with E-state index in [1.807, 2.05) is 11.8 Å². The van der Waals surface area contributed by atoms with Gasteiger partial charge >= 0.3 is 0 Å². The molecule has 2 amide bonds. The summed E-state index contributed by atoms with van der Waals surface area (Å²) in [6.07, 6.45) is 0.184. The molecule has 1 aromatic carbocycles. The molecule has 3 rings (SSSR count). The van der Waals surface area contributed by atoms with E-state index in [1.165, 1.54) is 12.0 Å². The summed E-state index contributed by atoms with van der Waals surface area (Å²) < 4.78 is 10.6. The van der Waals surface area contributed by atoms with Gasteiger partial charge in [-0.15, -0.1) is 0 Å². The number of methoxy groups -OCH3 is 1. The molecule has 0 radical (unpaired) electrons. The minimum atomic E-state index is -0.424. The molecule has 0 N–H and O–H groups in total. The van der Waals surface area contributed by atoms with Crippen molar-refractivity contribution in [3.05, 3.63) is 22.7 Å². The molecule has 23 heavy (non-hydrogen) atoms. The number of amides is 2. The second-order valence-electron chi connectivity index (χ2n) is 5.71. The van der Waals surface area contributed by atoms with Crippen molar-refractivity contribution in [3.63, 3.8) is 0 Å². The number of carbonyl (C=O) groups is 2. The molecule has 0 bridgehead atoms. The molecule has 2 aliphatic rings. The van der Waals surface area contributed by atoms with Gasteiger partial charge in [0.2, 0.25) is 5.91 Å². The fraction of sp³-hybridized carbons (Fsp3) is 0.500. The van der Waals surface area contributed by atoms with Crippen LogP contribution in [0.4, 0.5) is 5.69 Å². The third-order valence-electron chi connectivity index (χ3n) is 4.31. The Morgan fingerprint density at radius 1 is 1.26 bits per heavy atom. The van der Waals surface area contributed by atoms with Crippen LogP contribution in [0.3, 0.4) is 0 Å². The van der Waals surface area contributed by atoms with Crippen molar-refractivity contribution >= 4 is 29.1 Å². The number of halogens is 1. The van der Waals surface area contributed by atoms with Crippen molar-refractivity contribution in [1.29, 1.82) is 0 Å². The number of anilines is 1. The van der Waals surface area contributed by atoms with Crippen LogP contribution < -0.4 is 9.64 Å². The zero-order valence-electron chi connectivity index (χ0n) is 13.2. The Bertz CT molecular complexity index is 643. The predicted octanol–water partition coefficient (Wildman–Crippen LogP) is 1.62. The van der Waals surface area contributed by atoms with Crippen molar-refractivity contribution in [1.82, 2.24) is 4.90 Å². The molecule has 0 aromatic heterocycles. The first-order valence-corrected chi connectivity index (χ1v) is 7.93. The highest BCUT2D eigenvalue weighted by molar-refractivity contribution is 6.32. The lowest BCUT2D eigenvalue weighted by molar-refractivity contribution is -0.123. The smallest absolute Gasteiger partial charge is 0.251 e. The largest absolute Gasteiger partial charge is 0.495 e. The van der Waals surface area contributed by atoms with Crippen LogP contribution in [0.25, 0.3) is 0 Å². The van der Waals surface area contributed by atoms with Gasteiger partial charge in [-0.2, -0.15) is 0 Å². The van der Waals surface area contributed by atoms with Crippen molar-refractivity contribution in [3.8, 4) is 5.75 Å². The SMILES string of the molecule is COc1cc(Cl)c(C)cc1N1C(=O)C[C@@H](N2CCOCC2)C1=O. The van der Waals surface area contributed by atoms with Gasteiger partial charge in [-0.05, 0) is 18.6 Å². The first-order chi connectivity index (χ1) is 11.0. The molecule has 6 nitrogen and oxygen atoms in total. The number of nitrogens with zero attached hydrogens (tertiary/aromatic N) is 2. The highest BCUT2D eigenvalue weighted by Gasteiger charge is 2.44. The van der Waals surface area contributed by atoms with Gasteiger partial charge in [0.1, 0.15) is 5.75 Å². The number of benzene rings is 1. The van der Waals surface area contributed by atoms with E-state index in [9.17, 15) is 9.59 Å². The summed E-state index contributed by atoms with van der Waals surface area (Å²) >= 11 is 6.10. The summed E-state index contributed by atoms with van der Waals surface area (Å²) in [7, 11) is 1.50. The van der Waals surface area contributed by atoms with Crippen LogP contribution >= 0.6 is 11.6 Å². The highest BCUT2D eigenvalue weighted by Crippen LogP contribution is 2.37. The molecule has 2 saturated heterocycles. The predicted molar refractivity (Wildman–Crippen MR) is 86.0 cm³/mol. The Kier molecular flexibility index (Phi) is 4.57. The maximum Gasteiger partial charge on any atom is 0.251 e. The standard InChI is InChI=1S/C16H19ClN2O4/c1-10-7-12(14(22-2)8-11(10)17)19-15(20)9-13(16(19)21)18-3-5-23-6-4-18/h7-8,13H,3-6,9H2,1-2H3/t13-/m1/s1. The molecule has 2 heterocycles. The fourth-order valence-electron chi connectivity index (χ4n) is 3.03. The number of hydrogen-bond donors (Lipinski definition) is 0. The minimum absolute atomic E-state index is 0.184. The Hall–Kier alpha value is -1.63. The monoisotopic (exact) mass is 338 g/mol. The van der Waals surface area contributed by atoms with Gasteiger partial charge in [0.05, 0.1) is 38.5 Å². The third kappa shape index (κ3) is 2.94. The number of ether oxygens (including phenoxy) is 2. The molecule has 0 saturated carbocycles. The number of rotatable bonds is 3. The Morgan fingerprint density at radius 2 is 1.96 bits per heavy atom. The van der Waals surface area contributed by atoms with Crippen LogP contribution in [0.2, 0.25) is 5.02 Å². The quantitative estimate of drug-likeness (QED) is 0.784. The highest BCUT2D eigenvalue weighted by atomic mass is 35.5. The van der Waals surface area contributed by atoms with E-state index in [2.05, 4.69) is 0 Å². The lowest BCUT2D eigenvalue weighted by atomic mass is 10.2. The van der Waals surface area contributed by atoms with Crippen molar-refractivity contribution in [2.24, 2.45) is 0 Å². The maximum atomic E-state index is 12.8. The molecule has 1 aromatic rings. The number of morpholine rings is 1. The Labute approximate surface area is 139 Å². The van der Waals surface area contributed by atoms with Gasteiger partial charge in [0, 0.05) is 24.2 Å². The second-order valence-corrected chi connectivity index (χ2v) is 6.12. The van der Waals surface area contributed by atoms with Crippen LogP contribution in [-0.2, 0) is 14.3 Å². The van der Waals surface area contributed by atoms with E-state index < -0.39 is 6.04 Å². The summed E-state index contributed by atoms with van der Waals surface area (Å²) in [6.45, 7) is 4.32. The molecule has 0 unspecified atom stereocenters.